The molecule has 0 saturated heterocycles. The quantitative estimate of drug-likeness (QED) is 0.318. The van der Waals surface area contributed by atoms with Gasteiger partial charge >= 0.3 is 0 Å². The molecule has 1 aromatic carbocycles. The lowest BCUT2D eigenvalue weighted by Crippen LogP contribution is -1.93. The second-order valence-corrected chi connectivity index (χ2v) is 9.28. The number of hydrogen-bond acceptors (Lipinski definition) is 8. The number of nitrogens with zero attached hydrogens (tertiary/aromatic N) is 3. The molecule has 0 aliphatic rings. The van der Waals surface area contributed by atoms with Gasteiger partial charge in [-0.05, 0) is 62.2 Å². The van der Waals surface area contributed by atoms with Gasteiger partial charge in [0.1, 0.15) is 5.82 Å². The summed E-state index contributed by atoms with van der Waals surface area (Å²) in [5.41, 5.74) is 2.96. The molecule has 142 valence electrons. The summed E-state index contributed by atoms with van der Waals surface area (Å²) in [4.78, 5) is 15.7. The maximum atomic E-state index is 5.90. The molecule has 9 heteroatoms. The zero-order chi connectivity index (χ0) is 19.5. The maximum absolute atomic E-state index is 5.90. The van der Waals surface area contributed by atoms with Gasteiger partial charge in [0.2, 0.25) is 0 Å². The molecule has 28 heavy (non-hydrogen) atoms. The van der Waals surface area contributed by atoms with E-state index < -0.39 is 0 Å². The summed E-state index contributed by atoms with van der Waals surface area (Å²) in [7, 11) is 0. The molecule has 4 rings (SSSR count). The van der Waals surface area contributed by atoms with Crippen LogP contribution < -0.4 is 10.0 Å². The molecular formula is C19H16ClN5S3. The maximum Gasteiger partial charge on any atom is 0.188 e. The highest BCUT2D eigenvalue weighted by molar-refractivity contribution is 8.00. The smallest absolute Gasteiger partial charge is 0.188 e. The highest BCUT2D eigenvalue weighted by Gasteiger charge is 2.11. The molecule has 0 atom stereocenters. The molecule has 0 radical (unpaired) electrons. The second-order valence-electron chi connectivity index (χ2n) is 5.90. The molecule has 0 saturated carbocycles. The van der Waals surface area contributed by atoms with Gasteiger partial charge in [0.15, 0.2) is 5.13 Å². The van der Waals surface area contributed by atoms with Gasteiger partial charge in [-0.15, -0.1) is 22.7 Å². The molecular weight excluding hydrogens is 430 g/mol. The van der Waals surface area contributed by atoms with E-state index in [0.717, 1.165) is 47.8 Å². The number of rotatable bonds is 6. The Balaban J connectivity index is 1.38. The fraction of sp³-hybridized carbons (Fsp3) is 0.105. The molecule has 4 aromatic rings. The summed E-state index contributed by atoms with van der Waals surface area (Å²) < 4.78 is 3.27. The summed E-state index contributed by atoms with van der Waals surface area (Å²) in [6.45, 7) is 4.03. The first-order valence-electron chi connectivity index (χ1n) is 8.38. The third-order valence-electron chi connectivity index (χ3n) is 3.74. The zero-order valence-corrected chi connectivity index (χ0v) is 18.3. The predicted octanol–water partition coefficient (Wildman–Crippen LogP) is 6.79. The van der Waals surface area contributed by atoms with Gasteiger partial charge in [-0.2, -0.15) is 0 Å². The van der Waals surface area contributed by atoms with E-state index in [4.69, 9.17) is 11.6 Å². The van der Waals surface area contributed by atoms with E-state index in [1.807, 2.05) is 61.8 Å². The molecule has 0 amide bonds. The Hall–Kier alpha value is -2.13. The lowest BCUT2D eigenvalue weighted by Gasteiger charge is -2.06. The number of hydrogen-bond donors (Lipinski definition) is 2. The minimum atomic E-state index is 0.721. The van der Waals surface area contributed by atoms with Gasteiger partial charge in [0, 0.05) is 27.2 Å². The van der Waals surface area contributed by atoms with E-state index in [9.17, 15) is 0 Å². The first-order valence-corrected chi connectivity index (χ1v) is 11.3. The summed E-state index contributed by atoms with van der Waals surface area (Å²) >= 11 is 10.6. The number of pyridine rings is 1. The Bertz CT molecular complexity index is 1070. The molecule has 0 aliphatic heterocycles. The predicted molar refractivity (Wildman–Crippen MR) is 121 cm³/mol. The van der Waals surface area contributed by atoms with Gasteiger partial charge < -0.3 is 10.0 Å². The monoisotopic (exact) mass is 445 g/mol. The van der Waals surface area contributed by atoms with Gasteiger partial charge in [-0.3, -0.25) is 0 Å². The Labute approximate surface area is 180 Å². The first-order chi connectivity index (χ1) is 13.6. The van der Waals surface area contributed by atoms with E-state index in [-0.39, 0.29) is 0 Å². The average molecular weight is 446 g/mol. The molecule has 3 aromatic heterocycles. The second kappa shape index (κ2) is 8.48. The zero-order valence-electron chi connectivity index (χ0n) is 15.1. The number of aryl methyl sites for hydroxylation is 2. The van der Waals surface area contributed by atoms with Crippen LogP contribution >= 0.6 is 46.2 Å². The lowest BCUT2D eigenvalue weighted by atomic mass is 10.3. The van der Waals surface area contributed by atoms with E-state index >= 15 is 0 Å². The van der Waals surface area contributed by atoms with Crippen molar-refractivity contribution in [3.63, 3.8) is 0 Å². The molecule has 3 heterocycles. The van der Waals surface area contributed by atoms with E-state index in [2.05, 4.69) is 25.0 Å². The Morgan fingerprint density at radius 1 is 1.04 bits per heavy atom. The normalized spacial score (nSPS) is 10.8. The first kappa shape index (κ1) is 19.2. The van der Waals surface area contributed by atoms with Crippen LogP contribution in [0.3, 0.4) is 0 Å². The van der Waals surface area contributed by atoms with Gasteiger partial charge in [-0.1, -0.05) is 11.6 Å². The SMILES string of the molecule is Cc1nc(C)c(-c2csc(Nc3ccc(SNc4ccc(Cl)cc4)cn3)n2)s1. The minimum absolute atomic E-state index is 0.721. The van der Waals surface area contributed by atoms with E-state index in [0.29, 0.717) is 0 Å². The van der Waals surface area contributed by atoms with Crippen LogP contribution in [0, 0.1) is 13.8 Å². The number of benzene rings is 1. The van der Waals surface area contributed by atoms with Crippen molar-refractivity contribution < 1.29 is 0 Å². The third kappa shape index (κ3) is 4.64. The number of anilines is 3. The van der Waals surface area contributed by atoms with Gasteiger partial charge in [-0.25, -0.2) is 15.0 Å². The van der Waals surface area contributed by atoms with Crippen LogP contribution in [-0.4, -0.2) is 15.0 Å². The number of nitrogens with one attached hydrogen (secondary N) is 2. The topological polar surface area (TPSA) is 62.7 Å². The van der Waals surface area contributed by atoms with Crippen molar-refractivity contribution in [1.82, 2.24) is 15.0 Å². The molecule has 0 spiro atoms. The van der Waals surface area contributed by atoms with E-state index in [1.165, 1.54) is 11.9 Å². The largest absolute Gasteiger partial charge is 0.326 e. The molecule has 0 fully saturated rings. The minimum Gasteiger partial charge on any atom is -0.326 e. The summed E-state index contributed by atoms with van der Waals surface area (Å²) in [5.74, 6) is 0.758. The van der Waals surface area contributed by atoms with Crippen molar-refractivity contribution in [3.05, 3.63) is 63.7 Å². The third-order valence-corrected chi connectivity index (χ3v) is 6.66. The van der Waals surface area contributed by atoms with Crippen LogP contribution in [0.5, 0.6) is 0 Å². The lowest BCUT2D eigenvalue weighted by molar-refractivity contribution is 1.20. The summed E-state index contributed by atoms with van der Waals surface area (Å²) in [5, 5.41) is 7.89. The number of halogens is 1. The van der Waals surface area contributed by atoms with Crippen LogP contribution in [0.4, 0.5) is 16.6 Å². The van der Waals surface area contributed by atoms with Crippen molar-refractivity contribution in [1.29, 1.82) is 0 Å². The van der Waals surface area contributed by atoms with Crippen molar-refractivity contribution in [3.8, 4) is 10.6 Å². The highest BCUT2D eigenvalue weighted by atomic mass is 35.5. The van der Waals surface area contributed by atoms with Crippen molar-refractivity contribution in [2.24, 2.45) is 0 Å². The standard InChI is InChI=1S/C19H16ClN5S3/c1-11-18(27-12(2)22-11)16-10-26-19(23-16)24-17-8-7-15(9-21-17)28-25-14-5-3-13(20)4-6-14/h3-10,25H,1-2H3,(H,21,23,24). The summed E-state index contributed by atoms with van der Waals surface area (Å²) in [6, 6.07) is 11.5. The summed E-state index contributed by atoms with van der Waals surface area (Å²) in [6.07, 6.45) is 1.82. The Kier molecular flexibility index (Phi) is 5.82. The fourth-order valence-corrected chi connectivity index (χ4v) is 4.87. The van der Waals surface area contributed by atoms with Crippen LogP contribution in [0.25, 0.3) is 10.6 Å². The molecule has 2 N–H and O–H groups in total. The molecule has 5 nitrogen and oxygen atoms in total. The van der Waals surface area contributed by atoms with Crippen LogP contribution in [0.1, 0.15) is 10.7 Å². The van der Waals surface area contributed by atoms with Crippen LogP contribution in [0.15, 0.2) is 52.9 Å². The number of thiazole rings is 2. The van der Waals surface area contributed by atoms with Crippen molar-refractivity contribution in [2.75, 3.05) is 10.0 Å². The van der Waals surface area contributed by atoms with Gasteiger partial charge in [0.25, 0.3) is 0 Å². The van der Waals surface area contributed by atoms with Crippen molar-refractivity contribution in [2.45, 2.75) is 18.7 Å². The van der Waals surface area contributed by atoms with Crippen LogP contribution in [0.2, 0.25) is 5.02 Å². The van der Waals surface area contributed by atoms with Crippen molar-refractivity contribution >= 4 is 62.9 Å². The van der Waals surface area contributed by atoms with Crippen LogP contribution in [-0.2, 0) is 0 Å². The molecule has 0 aliphatic carbocycles. The van der Waals surface area contributed by atoms with E-state index in [1.54, 1.807) is 22.7 Å². The highest BCUT2D eigenvalue weighted by Crippen LogP contribution is 2.33. The molecule has 0 unspecified atom stereocenters. The Morgan fingerprint density at radius 2 is 1.86 bits per heavy atom. The fourth-order valence-electron chi connectivity index (χ4n) is 2.46. The number of aromatic nitrogens is 3. The average Bonchev–Trinajstić information content (AvgIpc) is 3.28. The molecule has 0 bridgehead atoms. The Morgan fingerprint density at radius 3 is 2.54 bits per heavy atom. The van der Waals surface area contributed by atoms with Gasteiger partial charge in [0.05, 0.1) is 21.3 Å².